The van der Waals surface area contributed by atoms with Gasteiger partial charge < -0.3 is 5.32 Å². The highest BCUT2D eigenvalue weighted by molar-refractivity contribution is 5.42. The Morgan fingerprint density at radius 3 is 2.64 bits per heavy atom. The summed E-state index contributed by atoms with van der Waals surface area (Å²) in [6, 6.07) is 14.2. The first-order chi connectivity index (χ1) is 6.95. The van der Waals surface area contributed by atoms with E-state index >= 15 is 0 Å². The standard InChI is InChI=1S/C12H12N2.H2/c1-2-6-12(7-3-1)14-10-11-5-4-8-13-9-11;/h1-9,14H,10H2;1H. The van der Waals surface area contributed by atoms with Crippen LogP contribution in [0.4, 0.5) is 5.69 Å². The number of rotatable bonds is 3. The van der Waals surface area contributed by atoms with Crippen LogP contribution in [-0.4, -0.2) is 4.98 Å². The van der Waals surface area contributed by atoms with Gasteiger partial charge in [-0.2, -0.15) is 0 Å². The Labute approximate surface area is 85.1 Å². The second-order valence-corrected chi connectivity index (χ2v) is 3.08. The van der Waals surface area contributed by atoms with Crippen molar-refractivity contribution in [3.63, 3.8) is 0 Å². The van der Waals surface area contributed by atoms with Crippen molar-refractivity contribution in [3.05, 3.63) is 60.4 Å². The Balaban J connectivity index is 0.00000112. The summed E-state index contributed by atoms with van der Waals surface area (Å²) in [4.78, 5) is 4.06. The number of benzene rings is 1. The van der Waals surface area contributed by atoms with Gasteiger partial charge in [0.05, 0.1) is 0 Å². The van der Waals surface area contributed by atoms with Crippen molar-refractivity contribution in [2.75, 3.05) is 5.32 Å². The molecule has 0 bridgehead atoms. The Hall–Kier alpha value is -1.83. The van der Waals surface area contributed by atoms with Crippen molar-refractivity contribution in [3.8, 4) is 0 Å². The Kier molecular flexibility index (Phi) is 2.76. The molecule has 72 valence electrons. The summed E-state index contributed by atoms with van der Waals surface area (Å²) >= 11 is 0. The fourth-order valence-corrected chi connectivity index (χ4v) is 1.26. The molecule has 2 aromatic rings. The number of hydrogen-bond donors (Lipinski definition) is 1. The van der Waals surface area contributed by atoms with Gasteiger partial charge in [-0.1, -0.05) is 24.3 Å². The van der Waals surface area contributed by atoms with E-state index in [1.54, 1.807) is 6.20 Å². The number of nitrogens with one attached hydrogen (secondary N) is 1. The molecule has 0 spiro atoms. The molecular weight excluding hydrogens is 172 g/mol. The average molecular weight is 186 g/mol. The molecule has 1 heterocycles. The molecule has 2 rings (SSSR count). The van der Waals surface area contributed by atoms with E-state index in [0.717, 1.165) is 12.2 Å². The van der Waals surface area contributed by atoms with Gasteiger partial charge in [-0.05, 0) is 23.8 Å². The van der Waals surface area contributed by atoms with Crippen LogP contribution in [0.2, 0.25) is 0 Å². The first-order valence-corrected chi connectivity index (χ1v) is 4.63. The molecule has 1 aromatic heterocycles. The monoisotopic (exact) mass is 186 g/mol. The molecule has 1 N–H and O–H groups in total. The summed E-state index contributed by atoms with van der Waals surface area (Å²) in [5.74, 6) is 0. The van der Waals surface area contributed by atoms with E-state index in [9.17, 15) is 0 Å². The topological polar surface area (TPSA) is 24.9 Å². The van der Waals surface area contributed by atoms with Crippen LogP contribution in [0.25, 0.3) is 0 Å². The minimum atomic E-state index is 0. The van der Waals surface area contributed by atoms with E-state index in [0.29, 0.717) is 0 Å². The molecule has 1 aromatic carbocycles. The number of nitrogens with zero attached hydrogens (tertiary/aromatic N) is 1. The highest BCUT2D eigenvalue weighted by atomic mass is 14.9. The van der Waals surface area contributed by atoms with Gasteiger partial charge in [0.2, 0.25) is 0 Å². The quantitative estimate of drug-likeness (QED) is 0.797. The lowest BCUT2D eigenvalue weighted by Crippen LogP contribution is -1.98. The van der Waals surface area contributed by atoms with E-state index in [4.69, 9.17) is 0 Å². The van der Waals surface area contributed by atoms with Crippen molar-refractivity contribution in [2.24, 2.45) is 0 Å². The smallest absolute Gasteiger partial charge is 0.0416 e. The maximum atomic E-state index is 4.06. The highest BCUT2D eigenvalue weighted by Crippen LogP contribution is 2.07. The molecule has 0 atom stereocenters. The fraction of sp³-hybridized carbons (Fsp3) is 0.0833. The van der Waals surface area contributed by atoms with Crippen molar-refractivity contribution in [1.82, 2.24) is 4.98 Å². The second kappa shape index (κ2) is 4.42. The SMILES string of the molecule is [HH].c1ccc(NCc2cccnc2)cc1. The van der Waals surface area contributed by atoms with Crippen molar-refractivity contribution in [1.29, 1.82) is 0 Å². The molecule has 0 aliphatic heterocycles. The van der Waals surface area contributed by atoms with Crippen molar-refractivity contribution in [2.45, 2.75) is 6.54 Å². The molecule has 0 aliphatic carbocycles. The third-order valence-electron chi connectivity index (χ3n) is 1.99. The van der Waals surface area contributed by atoms with Gasteiger partial charge >= 0.3 is 0 Å². The summed E-state index contributed by atoms with van der Waals surface area (Å²) in [5, 5.41) is 3.32. The third kappa shape index (κ3) is 2.33. The Morgan fingerprint density at radius 1 is 1.07 bits per heavy atom. The number of aromatic nitrogens is 1. The number of pyridine rings is 1. The van der Waals surface area contributed by atoms with Crippen LogP contribution in [-0.2, 0) is 6.54 Å². The van der Waals surface area contributed by atoms with Gasteiger partial charge in [-0.15, -0.1) is 0 Å². The van der Waals surface area contributed by atoms with Gasteiger partial charge in [0.1, 0.15) is 0 Å². The van der Waals surface area contributed by atoms with Crippen LogP contribution in [0.3, 0.4) is 0 Å². The Morgan fingerprint density at radius 2 is 1.93 bits per heavy atom. The zero-order valence-electron chi connectivity index (χ0n) is 7.85. The largest absolute Gasteiger partial charge is 0.381 e. The molecule has 0 aliphatic rings. The molecule has 0 saturated carbocycles. The number of anilines is 1. The molecule has 0 amide bonds. The van der Waals surface area contributed by atoms with E-state index in [-0.39, 0.29) is 1.43 Å². The third-order valence-corrected chi connectivity index (χ3v) is 1.99. The summed E-state index contributed by atoms with van der Waals surface area (Å²) in [5.41, 5.74) is 2.33. The number of hydrogen-bond acceptors (Lipinski definition) is 2. The Bertz CT molecular complexity index is 336. The van der Waals surface area contributed by atoms with Crippen LogP contribution in [0, 0.1) is 0 Å². The van der Waals surface area contributed by atoms with Crippen LogP contribution >= 0.6 is 0 Å². The molecule has 0 unspecified atom stereocenters. The van der Waals surface area contributed by atoms with Gasteiger partial charge in [0, 0.05) is 26.1 Å². The first-order valence-electron chi connectivity index (χ1n) is 4.63. The highest BCUT2D eigenvalue weighted by Gasteiger charge is 1.91. The van der Waals surface area contributed by atoms with Crippen molar-refractivity contribution < 1.29 is 1.43 Å². The van der Waals surface area contributed by atoms with Crippen LogP contribution < -0.4 is 5.32 Å². The van der Waals surface area contributed by atoms with E-state index in [2.05, 4.69) is 28.5 Å². The summed E-state index contributed by atoms with van der Waals surface area (Å²) < 4.78 is 0. The zero-order valence-corrected chi connectivity index (χ0v) is 7.85. The summed E-state index contributed by atoms with van der Waals surface area (Å²) in [6.07, 6.45) is 3.65. The maximum Gasteiger partial charge on any atom is 0.0416 e. The van der Waals surface area contributed by atoms with Gasteiger partial charge in [-0.3, -0.25) is 4.98 Å². The summed E-state index contributed by atoms with van der Waals surface area (Å²) in [7, 11) is 0. The maximum absolute atomic E-state index is 4.06. The molecule has 14 heavy (non-hydrogen) atoms. The fourth-order valence-electron chi connectivity index (χ4n) is 1.26. The van der Waals surface area contributed by atoms with Crippen molar-refractivity contribution >= 4 is 5.69 Å². The van der Waals surface area contributed by atoms with Gasteiger partial charge in [0.25, 0.3) is 0 Å². The lowest BCUT2D eigenvalue weighted by molar-refractivity contribution is 1.11. The lowest BCUT2D eigenvalue weighted by atomic mass is 10.2. The average Bonchev–Trinajstić information content (AvgIpc) is 2.29. The second-order valence-electron chi connectivity index (χ2n) is 3.08. The van der Waals surface area contributed by atoms with Gasteiger partial charge in [0.15, 0.2) is 0 Å². The molecule has 2 heteroatoms. The minimum Gasteiger partial charge on any atom is -0.381 e. The van der Waals surface area contributed by atoms with Crippen LogP contribution in [0.15, 0.2) is 54.9 Å². The normalized spacial score (nSPS) is 9.71. The molecule has 0 radical (unpaired) electrons. The summed E-state index contributed by atoms with van der Waals surface area (Å²) in [6.45, 7) is 0.817. The van der Waals surface area contributed by atoms with E-state index in [1.165, 1.54) is 5.56 Å². The molecule has 0 fully saturated rings. The molecule has 2 nitrogen and oxygen atoms in total. The van der Waals surface area contributed by atoms with E-state index in [1.807, 2.05) is 30.5 Å². The zero-order chi connectivity index (χ0) is 9.64. The minimum absolute atomic E-state index is 0. The molecular formula is C12H14N2. The predicted octanol–water partition coefficient (Wildman–Crippen LogP) is 2.94. The first kappa shape index (κ1) is 8.75. The predicted molar refractivity (Wildman–Crippen MR) is 60.1 cm³/mol. The van der Waals surface area contributed by atoms with Crippen LogP contribution in [0.5, 0.6) is 0 Å². The van der Waals surface area contributed by atoms with Gasteiger partial charge in [-0.25, -0.2) is 0 Å². The lowest BCUT2D eigenvalue weighted by Gasteiger charge is -2.04. The van der Waals surface area contributed by atoms with E-state index < -0.39 is 0 Å². The van der Waals surface area contributed by atoms with Crippen LogP contribution in [0.1, 0.15) is 6.99 Å². The number of para-hydroxylation sites is 1. The molecule has 0 saturated heterocycles.